The van der Waals surface area contributed by atoms with Gasteiger partial charge in [0.05, 0.1) is 5.60 Å². The molecule has 1 unspecified atom stereocenters. The zero-order chi connectivity index (χ0) is 12.8. The molecule has 0 aromatic carbocycles. The predicted molar refractivity (Wildman–Crippen MR) is 66.3 cm³/mol. The Morgan fingerprint density at radius 1 is 1.25 bits per heavy atom. The second-order valence-electron chi connectivity index (χ2n) is 5.55. The fourth-order valence-electron chi connectivity index (χ4n) is 1.05. The minimum absolute atomic E-state index is 0.0227. The van der Waals surface area contributed by atoms with Crippen molar-refractivity contribution >= 4 is 5.91 Å². The molecule has 96 valence electrons. The van der Waals surface area contributed by atoms with Crippen LogP contribution >= 0.6 is 0 Å². The molecule has 0 rings (SSSR count). The first-order valence-corrected chi connectivity index (χ1v) is 5.90. The summed E-state index contributed by atoms with van der Waals surface area (Å²) in [6.45, 7) is 10.8. The van der Waals surface area contributed by atoms with Gasteiger partial charge in [0.15, 0.2) is 0 Å². The lowest BCUT2D eigenvalue weighted by atomic mass is 10.0. The minimum atomic E-state index is -0.798. The fourth-order valence-corrected chi connectivity index (χ4v) is 1.05. The van der Waals surface area contributed by atoms with E-state index in [0.29, 0.717) is 25.9 Å². The third-order valence-corrected chi connectivity index (χ3v) is 2.44. The molecular formula is C12H26N2O2. The number of hydrogen-bond donors (Lipinski definition) is 3. The van der Waals surface area contributed by atoms with Gasteiger partial charge < -0.3 is 15.7 Å². The summed E-state index contributed by atoms with van der Waals surface area (Å²) in [4.78, 5) is 11.4. The highest BCUT2D eigenvalue weighted by Gasteiger charge is 2.18. The average molecular weight is 230 g/mol. The van der Waals surface area contributed by atoms with E-state index in [-0.39, 0.29) is 11.4 Å². The third kappa shape index (κ3) is 8.68. The average Bonchev–Trinajstić information content (AvgIpc) is 2.13. The molecule has 1 atom stereocenters. The van der Waals surface area contributed by atoms with Crippen LogP contribution in [0.4, 0.5) is 0 Å². The summed E-state index contributed by atoms with van der Waals surface area (Å²) in [7, 11) is 0. The van der Waals surface area contributed by atoms with Crippen LogP contribution < -0.4 is 10.6 Å². The van der Waals surface area contributed by atoms with Gasteiger partial charge >= 0.3 is 0 Å². The van der Waals surface area contributed by atoms with E-state index in [1.807, 2.05) is 6.92 Å². The Morgan fingerprint density at radius 3 is 2.25 bits per heavy atom. The van der Waals surface area contributed by atoms with Gasteiger partial charge in [-0.25, -0.2) is 0 Å². The summed E-state index contributed by atoms with van der Waals surface area (Å²) in [5.41, 5.74) is -0.762. The summed E-state index contributed by atoms with van der Waals surface area (Å²) in [5, 5.41) is 15.7. The van der Waals surface area contributed by atoms with E-state index in [0.717, 1.165) is 0 Å². The van der Waals surface area contributed by atoms with Crippen LogP contribution in [0.25, 0.3) is 0 Å². The molecule has 3 N–H and O–H groups in total. The molecule has 0 aromatic heterocycles. The number of aliphatic hydroxyl groups is 1. The minimum Gasteiger partial charge on any atom is -0.388 e. The van der Waals surface area contributed by atoms with Crippen molar-refractivity contribution in [3.05, 3.63) is 0 Å². The quantitative estimate of drug-likeness (QED) is 0.639. The topological polar surface area (TPSA) is 61.4 Å². The summed E-state index contributed by atoms with van der Waals surface area (Å²) >= 11 is 0. The molecule has 0 radical (unpaired) electrons. The fraction of sp³-hybridized carbons (Fsp3) is 0.917. The molecule has 0 aliphatic rings. The van der Waals surface area contributed by atoms with Crippen LogP contribution in [0.5, 0.6) is 0 Å². The SMILES string of the molecule is CCC(C)(O)CNC(=O)CCNC(C)(C)C. The first-order valence-electron chi connectivity index (χ1n) is 5.90. The van der Waals surface area contributed by atoms with Crippen molar-refractivity contribution in [3.8, 4) is 0 Å². The van der Waals surface area contributed by atoms with Crippen molar-refractivity contribution in [2.75, 3.05) is 13.1 Å². The highest BCUT2D eigenvalue weighted by atomic mass is 16.3. The Bertz CT molecular complexity index is 220. The van der Waals surface area contributed by atoms with Gasteiger partial charge in [0, 0.05) is 25.0 Å². The number of rotatable bonds is 6. The van der Waals surface area contributed by atoms with E-state index in [9.17, 15) is 9.90 Å². The Labute approximate surface area is 98.8 Å². The van der Waals surface area contributed by atoms with E-state index < -0.39 is 5.60 Å². The largest absolute Gasteiger partial charge is 0.388 e. The molecule has 4 nitrogen and oxygen atoms in total. The van der Waals surface area contributed by atoms with Crippen molar-refractivity contribution in [1.29, 1.82) is 0 Å². The van der Waals surface area contributed by atoms with E-state index in [1.54, 1.807) is 6.92 Å². The van der Waals surface area contributed by atoms with Crippen LogP contribution in [0.2, 0.25) is 0 Å². The lowest BCUT2D eigenvalue weighted by Crippen LogP contribution is -2.42. The maximum absolute atomic E-state index is 11.4. The van der Waals surface area contributed by atoms with Crippen LogP contribution in [0.1, 0.15) is 47.5 Å². The predicted octanol–water partition coefficient (Wildman–Crippen LogP) is 1.04. The van der Waals surface area contributed by atoms with Gasteiger partial charge in [0.25, 0.3) is 0 Å². The molecule has 0 heterocycles. The van der Waals surface area contributed by atoms with E-state index >= 15 is 0 Å². The molecular weight excluding hydrogens is 204 g/mol. The van der Waals surface area contributed by atoms with Gasteiger partial charge in [-0.1, -0.05) is 6.92 Å². The molecule has 0 bridgehead atoms. The van der Waals surface area contributed by atoms with Crippen LogP contribution in [-0.2, 0) is 4.79 Å². The van der Waals surface area contributed by atoms with E-state index in [4.69, 9.17) is 0 Å². The summed E-state index contributed by atoms with van der Waals surface area (Å²) in [5.74, 6) is -0.0227. The molecule has 0 aliphatic carbocycles. The molecule has 0 aliphatic heterocycles. The smallest absolute Gasteiger partial charge is 0.221 e. The molecule has 0 aromatic rings. The first-order chi connectivity index (χ1) is 7.16. The van der Waals surface area contributed by atoms with Crippen molar-refractivity contribution in [1.82, 2.24) is 10.6 Å². The van der Waals surface area contributed by atoms with Crippen LogP contribution in [0.15, 0.2) is 0 Å². The lowest BCUT2D eigenvalue weighted by Gasteiger charge is -2.22. The number of hydrogen-bond acceptors (Lipinski definition) is 3. The standard InChI is InChI=1S/C12H26N2O2/c1-6-12(5,16)9-13-10(15)7-8-14-11(2,3)4/h14,16H,6-9H2,1-5H3,(H,13,15). The zero-order valence-corrected chi connectivity index (χ0v) is 11.2. The normalized spacial score (nSPS) is 15.6. The van der Waals surface area contributed by atoms with Gasteiger partial charge in [0.1, 0.15) is 0 Å². The van der Waals surface area contributed by atoms with E-state index in [2.05, 4.69) is 31.4 Å². The van der Waals surface area contributed by atoms with Crippen LogP contribution in [0, 0.1) is 0 Å². The number of carbonyl (C=O) groups is 1. The van der Waals surface area contributed by atoms with Crippen molar-refractivity contribution in [2.24, 2.45) is 0 Å². The second kappa shape index (κ2) is 6.21. The zero-order valence-electron chi connectivity index (χ0n) is 11.2. The maximum Gasteiger partial charge on any atom is 0.221 e. The van der Waals surface area contributed by atoms with Crippen molar-refractivity contribution < 1.29 is 9.90 Å². The van der Waals surface area contributed by atoms with Crippen molar-refractivity contribution in [2.45, 2.75) is 58.6 Å². The molecule has 16 heavy (non-hydrogen) atoms. The van der Waals surface area contributed by atoms with Gasteiger partial charge in [-0.3, -0.25) is 4.79 Å². The highest BCUT2D eigenvalue weighted by molar-refractivity contribution is 5.76. The lowest BCUT2D eigenvalue weighted by molar-refractivity contribution is -0.122. The highest BCUT2D eigenvalue weighted by Crippen LogP contribution is 2.05. The second-order valence-corrected chi connectivity index (χ2v) is 5.55. The van der Waals surface area contributed by atoms with Gasteiger partial charge in [-0.05, 0) is 34.1 Å². The number of amides is 1. The molecule has 0 saturated carbocycles. The monoisotopic (exact) mass is 230 g/mol. The summed E-state index contributed by atoms with van der Waals surface area (Å²) in [6, 6.07) is 0. The van der Waals surface area contributed by atoms with Gasteiger partial charge in [0.2, 0.25) is 5.91 Å². The maximum atomic E-state index is 11.4. The first kappa shape index (κ1) is 15.4. The molecule has 0 saturated heterocycles. The molecule has 1 amide bonds. The van der Waals surface area contributed by atoms with Crippen molar-refractivity contribution in [3.63, 3.8) is 0 Å². The number of nitrogens with one attached hydrogen (secondary N) is 2. The Balaban J connectivity index is 3.68. The van der Waals surface area contributed by atoms with Crippen LogP contribution in [-0.4, -0.2) is 35.2 Å². The third-order valence-electron chi connectivity index (χ3n) is 2.44. The van der Waals surface area contributed by atoms with E-state index in [1.165, 1.54) is 0 Å². The van der Waals surface area contributed by atoms with Gasteiger partial charge in [-0.15, -0.1) is 0 Å². The summed E-state index contributed by atoms with van der Waals surface area (Å²) in [6.07, 6.45) is 1.07. The van der Waals surface area contributed by atoms with Crippen LogP contribution in [0.3, 0.4) is 0 Å². The number of carbonyl (C=O) groups excluding carboxylic acids is 1. The molecule has 0 spiro atoms. The Kier molecular flexibility index (Phi) is 5.97. The Hall–Kier alpha value is -0.610. The molecule has 4 heteroatoms. The van der Waals surface area contributed by atoms with Gasteiger partial charge in [-0.2, -0.15) is 0 Å². The molecule has 0 fully saturated rings. The Morgan fingerprint density at radius 2 is 1.81 bits per heavy atom. The summed E-state index contributed by atoms with van der Waals surface area (Å²) < 4.78 is 0.